The summed E-state index contributed by atoms with van der Waals surface area (Å²) in [6.45, 7) is 5.14. The molecule has 1 heterocycles. The fourth-order valence-electron chi connectivity index (χ4n) is 3.68. The fourth-order valence-corrected chi connectivity index (χ4v) is 7.26. The van der Waals surface area contributed by atoms with E-state index in [2.05, 4.69) is 19.2 Å². The Labute approximate surface area is 118 Å². The summed E-state index contributed by atoms with van der Waals surface area (Å²) in [5.41, 5.74) is 6.47. The van der Waals surface area contributed by atoms with Gasteiger partial charge in [-0.05, 0) is 31.9 Å². The zero-order chi connectivity index (χ0) is 14.6. The molecule has 0 aromatic heterocycles. The predicted molar refractivity (Wildman–Crippen MR) is 79.1 cm³/mol. The molecular weight excluding hydrogens is 260 g/mol. The highest BCUT2D eigenvalue weighted by molar-refractivity contribution is 6.71. The van der Waals surface area contributed by atoms with Gasteiger partial charge in [-0.15, -0.1) is 0 Å². The van der Waals surface area contributed by atoms with E-state index in [-0.39, 0.29) is 5.54 Å². The molecule has 1 saturated heterocycles. The van der Waals surface area contributed by atoms with Crippen LogP contribution in [0.15, 0.2) is 0 Å². The number of nitrogens with one attached hydrogen (secondary N) is 1. The molecule has 2 unspecified atom stereocenters. The summed E-state index contributed by atoms with van der Waals surface area (Å²) >= 11 is 0. The first-order chi connectivity index (χ1) is 9.01. The normalized spacial score (nSPS) is 34.4. The average Bonchev–Trinajstić information content (AvgIpc) is 2.42. The fraction of sp³-hybridized carbons (Fsp3) is 1.00. The van der Waals surface area contributed by atoms with Gasteiger partial charge in [0.2, 0.25) is 0 Å². The third kappa shape index (κ3) is 2.50. The van der Waals surface area contributed by atoms with Gasteiger partial charge in [-0.1, -0.05) is 20.3 Å². The molecule has 1 aliphatic rings. The van der Waals surface area contributed by atoms with Gasteiger partial charge in [-0.3, -0.25) is 0 Å². The van der Waals surface area contributed by atoms with Crippen molar-refractivity contribution < 1.29 is 13.6 Å². The minimum atomic E-state index is -2.60. The van der Waals surface area contributed by atoms with E-state index in [4.69, 9.17) is 19.3 Å². The summed E-state index contributed by atoms with van der Waals surface area (Å²) in [6, 6.07) is 0.876. The Bertz CT molecular complexity index is 276. The molecule has 0 aromatic carbocycles. The van der Waals surface area contributed by atoms with E-state index in [1.807, 2.05) is 0 Å². The molecule has 3 N–H and O–H groups in total. The van der Waals surface area contributed by atoms with Gasteiger partial charge in [0.25, 0.3) is 0 Å². The highest BCUT2D eigenvalue weighted by atomic mass is 28.4. The van der Waals surface area contributed by atoms with Gasteiger partial charge in [-0.2, -0.15) is 0 Å². The molecule has 5 nitrogen and oxygen atoms in total. The van der Waals surface area contributed by atoms with Gasteiger partial charge in [0.15, 0.2) is 5.35 Å². The van der Waals surface area contributed by atoms with Crippen molar-refractivity contribution in [1.82, 2.24) is 5.32 Å². The zero-order valence-electron chi connectivity index (χ0n) is 13.0. The summed E-state index contributed by atoms with van der Waals surface area (Å²) in [6.07, 6.45) is 4.07. The standard InChI is InChI=1S/C13H30N2O3Si/c1-6-9-12(15-7-2)10-8-11-19(17-4,18-5)13(12,14)16-3/h15H,6-11,14H2,1-5H3. The van der Waals surface area contributed by atoms with Gasteiger partial charge >= 0.3 is 8.56 Å². The number of likely N-dealkylation sites (N-methyl/N-ethyl adjacent to an activating group) is 1. The Morgan fingerprint density at radius 2 is 1.84 bits per heavy atom. The summed E-state index contributed by atoms with van der Waals surface area (Å²) in [7, 11) is 2.47. The summed E-state index contributed by atoms with van der Waals surface area (Å²) in [4.78, 5) is 0. The van der Waals surface area contributed by atoms with Crippen molar-refractivity contribution in [2.45, 2.75) is 56.5 Å². The lowest BCUT2D eigenvalue weighted by Crippen LogP contribution is -2.83. The van der Waals surface area contributed by atoms with Gasteiger partial charge in [-0.25, -0.2) is 0 Å². The second-order valence-electron chi connectivity index (χ2n) is 5.32. The van der Waals surface area contributed by atoms with Crippen LogP contribution in [0.2, 0.25) is 6.04 Å². The molecule has 19 heavy (non-hydrogen) atoms. The smallest absolute Gasteiger partial charge is 0.387 e. The van der Waals surface area contributed by atoms with Crippen LogP contribution in [0.4, 0.5) is 0 Å². The van der Waals surface area contributed by atoms with Crippen LogP contribution < -0.4 is 11.1 Å². The number of methoxy groups -OCH3 is 1. The van der Waals surface area contributed by atoms with E-state index in [1.54, 1.807) is 21.3 Å². The molecule has 6 heteroatoms. The van der Waals surface area contributed by atoms with Crippen LogP contribution in [0.3, 0.4) is 0 Å². The monoisotopic (exact) mass is 290 g/mol. The Hall–Kier alpha value is 0.0169. The third-order valence-electron chi connectivity index (χ3n) is 4.56. The molecule has 0 radical (unpaired) electrons. The molecule has 114 valence electrons. The first-order valence-corrected chi connectivity index (χ1v) is 9.23. The molecule has 0 bridgehead atoms. The highest BCUT2D eigenvalue weighted by Gasteiger charge is 2.68. The van der Waals surface area contributed by atoms with Gasteiger partial charge in [0, 0.05) is 21.3 Å². The number of hydrogen-bond donors (Lipinski definition) is 2. The van der Waals surface area contributed by atoms with E-state index < -0.39 is 13.9 Å². The van der Waals surface area contributed by atoms with Crippen molar-refractivity contribution in [3.63, 3.8) is 0 Å². The van der Waals surface area contributed by atoms with E-state index >= 15 is 0 Å². The first kappa shape index (κ1) is 17.1. The lowest BCUT2D eigenvalue weighted by Gasteiger charge is -2.57. The quantitative estimate of drug-likeness (QED) is 0.549. The number of ether oxygens (including phenoxy) is 1. The van der Waals surface area contributed by atoms with Gasteiger partial charge in [0.1, 0.15) is 0 Å². The van der Waals surface area contributed by atoms with Crippen LogP contribution in [0, 0.1) is 0 Å². The van der Waals surface area contributed by atoms with Crippen molar-refractivity contribution in [2.75, 3.05) is 27.9 Å². The van der Waals surface area contributed by atoms with Crippen LogP contribution in [-0.2, 0) is 13.6 Å². The Balaban J connectivity index is 3.27. The molecule has 2 atom stereocenters. The third-order valence-corrected chi connectivity index (χ3v) is 8.70. The Morgan fingerprint density at radius 1 is 1.21 bits per heavy atom. The van der Waals surface area contributed by atoms with Crippen molar-refractivity contribution >= 4 is 8.56 Å². The number of rotatable bonds is 7. The molecular formula is C13H30N2O3Si. The largest absolute Gasteiger partial charge is 0.395 e. The van der Waals surface area contributed by atoms with Crippen LogP contribution >= 0.6 is 0 Å². The van der Waals surface area contributed by atoms with Crippen molar-refractivity contribution in [2.24, 2.45) is 5.73 Å². The molecule has 0 saturated carbocycles. The van der Waals surface area contributed by atoms with Crippen LogP contribution in [0.5, 0.6) is 0 Å². The zero-order valence-corrected chi connectivity index (χ0v) is 14.0. The molecule has 1 aliphatic heterocycles. The molecule has 1 fully saturated rings. The van der Waals surface area contributed by atoms with Crippen molar-refractivity contribution in [1.29, 1.82) is 0 Å². The number of nitrogens with two attached hydrogens (primary N) is 1. The van der Waals surface area contributed by atoms with Gasteiger partial charge in [0.05, 0.1) is 5.54 Å². The van der Waals surface area contributed by atoms with Crippen LogP contribution in [-0.4, -0.2) is 47.3 Å². The van der Waals surface area contributed by atoms with Crippen molar-refractivity contribution in [3.8, 4) is 0 Å². The lowest BCUT2D eigenvalue weighted by atomic mass is 9.85. The number of hydrogen-bond acceptors (Lipinski definition) is 5. The Morgan fingerprint density at radius 3 is 2.26 bits per heavy atom. The van der Waals surface area contributed by atoms with E-state index in [0.29, 0.717) is 0 Å². The maximum atomic E-state index is 6.74. The summed E-state index contributed by atoms with van der Waals surface area (Å²) in [5.74, 6) is 0. The average molecular weight is 290 g/mol. The second kappa shape index (κ2) is 6.65. The topological polar surface area (TPSA) is 65.7 Å². The first-order valence-electron chi connectivity index (χ1n) is 7.20. The minimum absolute atomic E-state index is 0.262. The second-order valence-corrected chi connectivity index (χ2v) is 8.88. The molecule has 0 amide bonds. The van der Waals surface area contributed by atoms with Crippen LogP contribution in [0.1, 0.15) is 39.5 Å². The molecule has 0 aromatic rings. The predicted octanol–water partition coefficient (Wildman–Crippen LogP) is 1.50. The molecule has 0 spiro atoms. The SMILES string of the molecule is CCCC1(NCC)CCC[Si](OC)(OC)C1(N)OC. The van der Waals surface area contributed by atoms with E-state index in [1.165, 1.54) is 0 Å². The summed E-state index contributed by atoms with van der Waals surface area (Å²) < 4.78 is 17.4. The lowest BCUT2D eigenvalue weighted by molar-refractivity contribution is -0.0746. The minimum Gasteiger partial charge on any atom is -0.395 e. The Kier molecular flexibility index (Phi) is 5.97. The van der Waals surface area contributed by atoms with E-state index in [9.17, 15) is 0 Å². The maximum Gasteiger partial charge on any atom is 0.387 e. The maximum absolute atomic E-state index is 6.74. The summed E-state index contributed by atoms with van der Waals surface area (Å²) in [5, 5.41) is 2.72. The van der Waals surface area contributed by atoms with Crippen molar-refractivity contribution in [3.05, 3.63) is 0 Å². The highest BCUT2D eigenvalue weighted by Crippen LogP contribution is 2.45. The van der Waals surface area contributed by atoms with Crippen LogP contribution in [0.25, 0.3) is 0 Å². The molecule has 1 rings (SSSR count). The van der Waals surface area contributed by atoms with Gasteiger partial charge < -0.3 is 24.6 Å². The molecule has 0 aliphatic carbocycles. The van der Waals surface area contributed by atoms with E-state index in [0.717, 1.165) is 38.3 Å².